The van der Waals surface area contributed by atoms with E-state index < -0.39 is 92.3 Å². The van der Waals surface area contributed by atoms with Gasteiger partial charge in [0, 0.05) is 6.20 Å². The van der Waals surface area contributed by atoms with Crippen molar-refractivity contribution in [2.75, 3.05) is 12.3 Å². The topological polar surface area (TPSA) is 203 Å². The van der Waals surface area contributed by atoms with Crippen LogP contribution < -0.4 is 15.3 Å². The summed E-state index contributed by atoms with van der Waals surface area (Å²) in [6, 6.07) is 13.1. The van der Waals surface area contributed by atoms with E-state index in [1.54, 1.807) is 64.1 Å². The molecule has 0 spiro atoms. The number of fused-ring (bicyclic) bond motifs is 1. The number of alkyl halides is 3. The molecule has 19 heteroatoms. The number of nitrogen functional groups attached to an aromatic ring is 1. The van der Waals surface area contributed by atoms with Crippen LogP contribution in [0.15, 0.2) is 54.7 Å². The van der Waals surface area contributed by atoms with Crippen molar-refractivity contribution in [1.82, 2.24) is 14.7 Å². The fourth-order valence-electron chi connectivity index (χ4n) is 6.30. The maximum Gasteiger partial charge on any atom is 0.459 e. The highest BCUT2D eigenvalue weighted by Gasteiger charge is 2.62. The average Bonchev–Trinajstić information content (AvgIpc) is 3.71. The predicted octanol–water partition coefficient (Wildman–Crippen LogP) is 6.23. The standard InChI is InChI=1S/C37H45F3N5O10P/c1-21(2)33(46)52-31-30(29-16-15-28-27(42)17-18-43-45(28)29)54-36(19-41,32(31)53-34(47)22(3)4)20-50-56(49,55-26-9-7-6-8-10-26)44-23(5)35(48)51-25-13-11-24(12-14-25)37(38,39)40/h6-10,15-18,21-25,30-32H,11-14,20,42H2,1-5H3,(H,44,49)/t23-,24-,25-,30-,31-,32-,36+,56-/m0/s1. The fourth-order valence-corrected chi connectivity index (χ4v) is 7.82. The molecular formula is C37H45F3N5O10P. The molecule has 56 heavy (non-hydrogen) atoms. The SMILES string of the molecule is CC(C)C(=O)O[C@H]1[C@H](c2ccc3c(N)ccnn23)O[C@](C#N)(CO[P@@](=O)(N[C@@H](C)C(=O)O[C@H]2CC[C@H](C(F)(F)F)CC2)Oc2ccccc2)[C@H]1OC(=O)C(C)C. The van der Waals surface area contributed by atoms with Crippen LogP contribution in [0.25, 0.3) is 5.52 Å². The number of halogens is 3. The van der Waals surface area contributed by atoms with Crippen LogP contribution in [0, 0.1) is 29.1 Å². The second-order valence-corrected chi connectivity index (χ2v) is 16.1. The van der Waals surface area contributed by atoms with Gasteiger partial charge in [-0.2, -0.15) is 28.6 Å². The monoisotopic (exact) mass is 807 g/mol. The molecule has 3 heterocycles. The van der Waals surface area contributed by atoms with Crippen molar-refractivity contribution in [2.45, 2.75) is 103 Å². The Bertz CT molecular complexity index is 1960. The molecule has 15 nitrogen and oxygen atoms in total. The molecule has 0 unspecified atom stereocenters. The summed E-state index contributed by atoms with van der Waals surface area (Å²) >= 11 is 0. The van der Waals surface area contributed by atoms with E-state index in [1.807, 2.05) is 6.07 Å². The quantitative estimate of drug-likeness (QED) is 0.105. The molecule has 1 aliphatic carbocycles. The Morgan fingerprint density at radius 3 is 2.23 bits per heavy atom. The van der Waals surface area contributed by atoms with Crippen molar-refractivity contribution in [1.29, 1.82) is 5.26 Å². The highest BCUT2D eigenvalue weighted by molar-refractivity contribution is 7.52. The van der Waals surface area contributed by atoms with Crippen LogP contribution in [-0.2, 0) is 42.4 Å². The van der Waals surface area contributed by atoms with Crippen LogP contribution in [0.1, 0.15) is 72.1 Å². The Kier molecular flexibility index (Phi) is 13.0. The number of hydrogen-bond donors (Lipinski definition) is 2. The Balaban J connectivity index is 1.47. The van der Waals surface area contributed by atoms with Crippen molar-refractivity contribution in [3.05, 3.63) is 60.4 Å². The zero-order valence-corrected chi connectivity index (χ0v) is 32.3. The Morgan fingerprint density at radius 2 is 1.62 bits per heavy atom. The zero-order valence-electron chi connectivity index (χ0n) is 31.4. The number of para-hydroxylation sites is 1. The summed E-state index contributed by atoms with van der Waals surface area (Å²) in [6.07, 6.45) is -8.66. The van der Waals surface area contributed by atoms with E-state index in [4.69, 9.17) is 33.7 Å². The number of carbonyl (C=O) groups excluding carboxylic acids is 3. The lowest BCUT2D eigenvalue weighted by atomic mass is 9.87. The maximum atomic E-state index is 14.6. The van der Waals surface area contributed by atoms with Crippen LogP contribution >= 0.6 is 7.75 Å². The van der Waals surface area contributed by atoms with Gasteiger partial charge in [-0.1, -0.05) is 45.9 Å². The summed E-state index contributed by atoms with van der Waals surface area (Å²) in [5.41, 5.74) is 4.91. The summed E-state index contributed by atoms with van der Waals surface area (Å²) in [6.45, 7) is 6.63. The van der Waals surface area contributed by atoms with Gasteiger partial charge < -0.3 is 29.2 Å². The molecule has 1 aliphatic heterocycles. The molecule has 3 aromatic rings. The van der Waals surface area contributed by atoms with E-state index in [9.17, 15) is 37.4 Å². The molecule has 3 N–H and O–H groups in total. The van der Waals surface area contributed by atoms with Gasteiger partial charge in [0.2, 0.25) is 5.60 Å². The third-order valence-electron chi connectivity index (χ3n) is 9.47. The molecule has 5 rings (SSSR count). The first-order valence-corrected chi connectivity index (χ1v) is 19.7. The van der Waals surface area contributed by atoms with Crippen molar-refractivity contribution in [3.63, 3.8) is 0 Å². The number of carbonyl (C=O) groups is 3. The van der Waals surface area contributed by atoms with Crippen LogP contribution in [0.3, 0.4) is 0 Å². The molecule has 1 saturated heterocycles. The number of rotatable bonds is 14. The Morgan fingerprint density at radius 1 is 0.982 bits per heavy atom. The Labute approximate surface area is 321 Å². The highest BCUT2D eigenvalue weighted by atomic mass is 31.2. The van der Waals surface area contributed by atoms with E-state index >= 15 is 0 Å². The molecule has 0 amide bonds. The number of nitrogens with two attached hydrogens (primary N) is 1. The second-order valence-electron chi connectivity index (χ2n) is 14.4. The lowest BCUT2D eigenvalue weighted by Gasteiger charge is -2.32. The van der Waals surface area contributed by atoms with Crippen LogP contribution in [0.4, 0.5) is 18.9 Å². The lowest BCUT2D eigenvalue weighted by Crippen LogP contribution is -2.50. The van der Waals surface area contributed by atoms with E-state index in [2.05, 4.69) is 10.2 Å². The predicted molar refractivity (Wildman–Crippen MR) is 192 cm³/mol. The molecule has 2 fully saturated rings. The summed E-state index contributed by atoms with van der Waals surface area (Å²) < 4.78 is 90.9. The van der Waals surface area contributed by atoms with E-state index in [0.717, 1.165) is 0 Å². The largest absolute Gasteiger partial charge is 0.461 e. The smallest absolute Gasteiger partial charge is 0.459 e. The molecule has 2 aromatic heterocycles. The van der Waals surface area contributed by atoms with Crippen LogP contribution in [0.2, 0.25) is 0 Å². The molecule has 2 aliphatic rings. The first-order chi connectivity index (χ1) is 26.4. The van der Waals surface area contributed by atoms with E-state index in [-0.39, 0.29) is 37.1 Å². The van der Waals surface area contributed by atoms with Crippen molar-refractivity contribution in [3.8, 4) is 11.8 Å². The van der Waals surface area contributed by atoms with Gasteiger partial charge in [-0.05, 0) is 62.9 Å². The third kappa shape index (κ3) is 9.63. The fraction of sp³-hybridized carbons (Fsp3) is 0.541. The van der Waals surface area contributed by atoms with Crippen LogP contribution in [-0.4, -0.2) is 70.3 Å². The number of esters is 3. The molecule has 304 valence electrons. The van der Waals surface area contributed by atoms with Gasteiger partial charge in [-0.15, -0.1) is 0 Å². The van der Waals surface area contributed by atoms with Crippen LogP contribution in [0.5, 0.6) is 5.75 Å². The molecule has 0 bridgehead atoms. The van der Waals surface area contributed by atoms with Gasteiger partial charge in [-0.25, -0.2) is 9.08 Å². The number of nitriles is 1. The Hall–Kier alpha value is -4.69. The number of aromatic nitrogens is 2. The van der Waals surface area contributed by atoms with E-state index in [1.165, 1.54) is 29.8 Å². The number of ether oxygens (including phenoxy) is 4. The zero-order chi connectivity index (χ0) is 41.0. The van der Waals surface area contributed by atoms with Gasteiger partial charge in [0.25, 0.3) is 0 Å². The number of anilines is 1. The van der Waals surface area contributed by atoms with Crippen molar-refractivity contribution in [2.24, 2.45) is 17.8 Å². The summed E-state index contributed by atoms with van der Waals surface area (Å²) in [7, 11) is -4.73. The lowest BCUT2D eigenvalue weighted by molar-refractivity contribution is -0.189. The van der Waals surface area contributed by atoms with Gasteiger partial charge in [0.1, 0.15) is 36.7 Å². The number of benzene rings is 1. The average molecular weight is 808 g/mol. The third-order valence-corrected chi connectivity index (χ3v) is 11.1. The van der Waals surface area contributed by atoms with Gasteiger partial charge in [-0.3, -0.25) is 18.9 Å². The summed E-state index contributed by atoms with van der Waals surface area (Å²) in [5.74, 6) is -5.27. The minimum absolute atomic E-state index is 0.0153. The maximum absolute atomic E-state index is 14.6. The molecule has 1 aromatic carbocycles. The van der Waals surface area contributed by atoms with Gasteiger partial charge >= 0.3 is 31.8 Å². The molecule has 6 atom stereocenters. The minimum Gasteiger partial charge on any atom is -0.461 e. The normalized spacial score (nSPS) is 25.6. The molecular weight excluding hydrogens is 762 g/mol. The van der Waals surface area contributed by atoms with E-state index in [0.29, 0.717) is 11.2 Å². The van der Waals surface area contributed by atoms with Gasteiger partial charge in [0.05, 0.1) is 34.7 Å². The number of hydrogen-bond acceptors (Lipinski definition) is 13. The first kappa shape index (κ1) is 42.5. The summed E-state index contributed by atoms with van der Waals surface area (Å²) in [4.78, 5) is 39.6. The van der Waals surface area contributed by atoms with Crippen molar-refractivity contribution >= 4 is 36.9 Å². The van der Waals surface area contributed by atoms with Crippen molar-refractivity contribution < 1.29 is 60.1 Å². The second kappa shape index (κ2) is 17.2. The van der Waals surface area contributed by atoms with Gasteiger partial charge in [0.15, 0.2) is 12.2 Å². The number of nitrogens with one attached hydrogen (secondary N) is 1. The minimum atomic E-state index is -4.73. The molecule has 1 saturated carbocycles. The highest BCUT2D eigenvalue weighted by Crippen LogP contribution is 2.50. The number of nitrogens with zero attached hydrogens (tertiary/aromatic N) is 3. The first-order valence-electron chi connectivity index (χ1n) is 18.1. The summed E-state index contributed by atoms with van der Waals surface area (Å²) in [5, 5.41) is 17.7. The molecule has 0 radical (unpaired) electrons.